The summed E-state index contributed by atoms with van der Waals surface area (Å²) in [5, 5.41) is 9.27. The van der Waals surface area contributed by atoms with Gasteiger partial charge in [-0.3, -0.25) is 14.4 Å². The van der Waals surface area contributed by atoms with Crippen molar-refractivity contribution in [3.63, 3.8) is 0 Å². The lowest BCUT2D eigenvalue weighted by molar-refractivity contribution is -0.155. The number of nitrogens with zero attached hydrogens (tertiary/aromatic N) is 2. The van der Waals surface area contributed by atoms with Gasteiger partial charge in [0.05, 0.1) is 23.2 Å². The number of unbranched alkanes of at least 4 members (excludes halogenated alkanes) is 4. The number of hydrogen-bond acceptors (Lipinski definition) is 6. The molecule has 0 aromatic heterocycles. The second-order valence-corrected chi connectivity index (χ2v) is 13.4. The van der Waals surface area contributed by atoms with Crippen LogP contribution in [0.4, 0.5) is 0 Å². The molecule has 3 aliphatic rings. The second-order valence-electron chi connectivity index (χ2n) is 11.5. The molecule has 5 atom stereocenters. The standard InChI is InChI=1S/C32H44N2O5S/c1-4-6-7-14-22-39-30(38)26-25-28(36)34(20-12-9-13-21-35)27(32(25)18-17-31(26,3)40-32)29(37)33(19-5-2)23-24-15-10-8-11-16-24/h4-5,8,10-11,15-16,25-27,35H,1-2,6-7,9,12-14,17-23H2,3H3/t25-,26+,27?,31-,32?/m0/s1. The summed E-state index contributed by atoms with van der Waals surface area (Å²) in [5.41, 5.74) is 1.01. The quantitative estimate of drug-likeness (QED) is 0.176. The molecule has 2 amide bonds. The molecule has 3 saturated heterocycles. The van der Waals surface area contributed by atoms with Crippen LogP contribution in [0.15, 0.2) is 55.6 Å². The predicted molar refractivity (Wildman–Crippen MR) is 158 cm³/mol. The third kappa shape index (κ3) is 5.89. The molecule has 4 rings (SSSR count). The number of ether oxygens (including phenoxy) is 1. The minimum atomic E-state index is -0.664. The minimum absolute atomic E-state index is 0.0862. The first-order chi connectivity index (χ1) is 19.3. The Balaban J connectivity index is 1.63. The van der Waals surface area contributed by atoms with Crippen molar-refractivity contribution in [2.45, 2.75) is 80.4 Å². The maximum Gasteiger partial charge on any atom is 0.311 e. The van der Waals surface area contributed by atoms with Gasteiger partial charge in [-0.2, -0.15) is 0 Å². The van der Waals surface area contributed by atoms with Crippen LogP contribution < -0.4 is 0 Å². The number of fused-ring (bicyclic) bond motifs is 1. The van der Waals surface area contributed by atoms with Gasteiger partial charge in [-0.25, -0.2) is 0 Å². The normalized spacial score (nSPS) is 28.4. The predicted octanol–water partition coefficient (Wildman–Crippen LogP) is 4.74. The van der Waals surface area contributed by atoms with E-state index in [1.807, 2.05) is 36.4 Å². The number of benzene rings is 1. The number of aliphatic hydroxyl groups is 1. The molecule has 7 nitrogen and oxygen atoms in total. The van der Waals surface area contributed by atoms with Crippen LogP contribution in [0.1, 0.15) is 63.9 Å². The maximum absolute atomic E-state index is 14.5. The lowest BCUT2D eigenvalue weighted by atomic mass is 9.66. The van der Waals surface area contributed by atoms with E-state index in [0.29, 0.717) is 45.5 Å². The molecule has 3 aliphatic heterocycles. The summed E-state index contributed by atoms with van der Waals surface area (Å²) in [4.78, 5) is 45.8. The van der Waals surface area contributed by atoms with Crippen molar-refractivity contribution >= 4 is 29.5 Å². The Hall–Kier alpha value is -2.58. The number of carbonyl (C=O) groups is 3. The van der Waals surface area contributed by atoms with Crippen LogP contribution in [0.5, 0.6) is 0 Å². The summed E-state index contributed by atoms with van der Waals surface area (Å²) in [6.07, 6.45) is 9.70. The Kier molecular flexibility index (Phi) is 10.2. The molecule has 0 aliphatic carbocycles. The molecule has 2 unspecified atom stereocenters. The average Bonchev–Trinajstić information content (AvgIpc) is 3.51. The highest BCUT2D eigenvalue weighted by Crippen LogP contribution is 2.71. The lowest BCUT2D eigenvalue weighted by Gasteiger charge is -2.37. The van der Waals surface area contributed by atoms with Crippen molar-refractivity contribution in [1.82, 2.24) is 9.80 Å². The van der Waals surface area contributed by atoms with E-state index >= 15 is 0 Å². The van der Waals surface area contributed by atoms with Crippen molar-refractivity contribution in [2.24, 2.45) is 11.8 Å². The molecule has 218 valence electrons. The number of amides is 2. The van der Waals surface area contributed by atoms with Crippen LogP contribution >= 0.6 is 11.8 Å². The molecule has 1 spiro atoms. The zero-order valence-corrected chi connectivity index (χ0v) is 24.6. The molecule has 1 aromatic carbocycles. The molecule has 2 bridgehead atoms. The fourth-order valence-electron chi connectivity index (χ4n) is 6.89. The van der Waals surface area contributed by atoms with E-state index < -0.39 is 27.4 Å². The summed E-state index contributed by atoms with van der Waals surface area (Å²) >= 11 is 1.68. The number of hydrogen-bond donors (Lipinski definition) is 1. The summed E-state index contributed by atoms with van der Waals surface area (Å²) in [7, 11) is 0. The molecular formula is C32H44N2O5S. The topological polar surface area (TPSA) is 87.1 Å². The number of aliphatic hydroxyl groups excluding tert-OH is 1. The van der Waals surface area contributed by atoms with Crippen molar-refractivity contribution in [2.75, 3.05) is 26.3 Å². The Labute approximate surface area is 243 Å². The van der Waals surface area contributed by atoms with E-state index in [-0.39, 0.29) is 24.4 Å². The van der Waals surface area contributed by atoms with Crippen LogP contribution in [0.25, 0.3) is 0 Å². The van der Waals surface area contributed by atoms with Crippen LogP contribution in [0.3, 0.4) is 0 Å². The number of rotatable bonds is 16. The Morgan fingerprint density at radius 2 is 1.90 bits per heavy atom. The van der Waals surface area contributed by atoms with Crippen LogP contribution in [0, 0.1) is 11.8 Å². The summed E-state index contributed by atoms with van der Waals surface area (Å²) < 4.78 is 4.65. The van der Waals surface area contributed by atoms with Gasteiger partial charge in [0.1, 0.15) is 6.04 Å². The summed E-state index contributed by atoms with van der Waals surface area (Å²) in [6.45, 7) is 11.4. The first-order valence-electron chi connectivity index (χ1n) is 14.7. The fraction of sp³-hybridized carbons (Fsp3) is 0.594. The molecular weight excluding hydrogens is 524 g/mol. The van der Waals surface area contributed by atoms with E-state index in [1.54, 1.807) is 27.6 Å². The molecule has 40 heavy (non-hydrogen) atoms. The van der Waals surface area contributed by atoms with Gasteiger partial charge in [-0.05, 0) is 63.9 Å². The van der Waals surface area contributed by atoms with E-state index in [1.165, 1.54) is 0 Å². The van der Waals surface area contributed by atoms with Gasteiger partial charge in [-0.1, -0.05) is 42.5 Å². The monoisotopic (exact) mass is 568 g/mol. The van der Waals surface area contributed by atoms with Gasteiger partial charge < -0.3 is 19.6 Å². The van der Waals surface area contributed by atoms with Crippen molar-refractivity contribution in [1.29, 1.82) is 0 Å². The minimum Gasteiger partial charge on any atom is -0.465 e. The first-order valence-corrected chi connectivity index (χ1v) is 15.5. The number of allylic oxidation sites excluding steroid dienone is 1. The molecule has 0 saturated carbocycles. The average molecular weight is 569 g/mol. The van der Waals surface area contributed by atoms with E-state index in [4.69, 9.17) is 4.74 Å². The van der Waals surface area contributed by atoms with E-state index in [2.05, 4.69) is 20.1 Å². The highest BCUT2D eigenvalue weighted by Gasteiger charge is 2.77. The van der Waals surface area contributed by atoms with Crippen LogP contribution in [-0.2, 0) is 25.7 Å². The smallest absolute Gasteiger partial charge is 0.311 e. The molecule has 1 N–H and O–H groups in total. The van der Waals surface area contributed by atoms with Gasteiger partial charge in [-0.15, -0.1) is 24.9 Å². The highest BCUT2D eigenvalue weighted by molar-refractivity contribution is 8.02. The zero-order valence-electron chi connectivity index (χ0n) is 23.8. The van der Waals surface area contributed by atoms with Gasteiger partial charge in [0.15, 0.2) is 0 Å². The number of thioether (sulfide) groups is 1. The lowest BCUT2D eigenvalue weighted by Crippen LogP contribution is -2.54. The number of likely N-dealkylation sites (tertiary alicyclic amines) is 1. The SMILES string of the molecule is C=CCCCCOC(=O)[C@H]1[C@H]2C(=O)N(CCCCCO)C(C(=O)N(CC=C)Cc3ccccc3)C23CC[C@]1(C)S3. The Bertz CT molecular complexity index is 1080. The van der Waals surface area contributed by atoms with Crippen molar-refractivity contribution < 1.29 is 24.2 Å². The summed E-state index contributed by atoms with van der Waals surface area (Å²) in [6, 6.07) is 9.19. The largest absolute Gasteiger partial charge is 0.465 e. The second kappa shape index (κ2) is 13.4. The van der Waals surface area contributed by atoms with Crippen molar-refractivity contribution in [3.8, 4) is 0 Å². The third-order valence-corrected chi connectivity index (χ3v) is 10.7. The molecule has 3 fully saturated rings. The van der Waals surface area contributed by atoms with Gasteiger partial charge >= 0.3 is 5.97 Å². The number of esters is 1. The maximum atomic E-state index is 14.5. The van der Waals surface area contributed by atoms with Gasteiger partial charge in [0.2, 0.25) is 11.8 Å². The highest BCUT2D eigenvalue weighted by atomic mass is 32.2. The van der Waals surface area contributed by atoms with Gasteiger partial charge in [0, 0.05) is 31.0 Å². The van der Waals surface area contributed by atoms with Crippen molar-refractivity contribution in [3.05, 3.63) is 61.2 Å². The Morgan fingerprint density at radius 3 is 2.60 bits per heavy atom. The van der Waals surface area contributed by atoms with E-state index in [9.17, 15) is 19.5 Å². The summed E-state index contributed by atoms with van der Waals surface area (Å²) in [5.74, 6) is -1.65. The van der Waals surface area contributed by atoms with E-state index in [0.717, 1.165) is 37.7 Å². The molecule has 8 heteroatoms. The third-order valence-electron chi connectivity index (χ3n) is 8.75. The molecule has 3 heterocycles. The van der Waals surface area contributed by atoms with Gasteiger partial charge in [0.25, 0.3) is 0 Å². The Morgan fingerprint density at radius 1 is 1.12 bits per heavy atom. The fourth-order valence-corrected chi connectivity index (χ4v) is 9.23. The zero-order chi connectivity index (χ0) is 28.8. The van der Waals surface area contributed by atoms with Crippen LogP contribution in [0.2, 0.25) is 0 Å². The number of carbonyl (C=O) groups excluding carboxylic acids is 3. The molecule has 0 radical (unpaired) electrons. The first kappa shape index (κ1) is 30.4. The molecule has 1 aromatic rings. The van der Waals surface area contributed by atoms with Crippen LogP contribution in [-0.4, -0.2) is 74.5 Å².